The average molecular weight is 644 g/mol. The highest BCUT2D eigenvalue weighted by molar-refractivity contribution is 6.13. The first-order chi connectivity index (χ1) is 22.9. The molecule has 1 aliphatic rings. The van der Waals surface area contributed by atoms with Crippen LogP contribution in [0.4, 0.5) is 5.69 Å². The second-order valence-corrected chi connectivity index (χ2v) is 13.2. The first-order valence-electron chi connectivity index (χ1n) is 16.0. The number of rotatable bonds is 7. The zero-order valence-corrected chi connectivity index (χ0v) is 28.5. The second-order valence-electron chi connectivity index (χ2n) is 13.2. The highest BCUT2D eigenvalue weighted by atomic mass is 16.5. The fourth-order valence-corrected chi connectivity index (χ4v) is 6.53. The fourth-order valence-electron chi connectivity index (χ4n) is 6.53. The van der Waals surface area contributed by atoms with Crippen molar-refractivity contribution in [2.24, 2.45) is 9.98 Å². The standard InChI is InChI=1S/C39H41N5O4/c1-23-13-15-28(16-14-23)32-30-21-24(2)43-19-20-44(33(34(30)43)26(4)31(32)35(37(45)46)48-39(5,6)7)38(40-8)42-22-25(3)47-36-29-12-10-9-11-27(29)17-18-41-36/h9-18,21-22,35H,8,19-20H2,1-7H3,(H,45,46)/b25-22+,42-38?/t35-/m0/s1. The number of fused-ring (bicyclic) bond motifs is 1. The summed E-state index contributed by atoms with van der Waals surface area (Å²) >= 11 is 0. The van der Waals surface area contributed by atoms with E-state index >= 15 is 0 Å². The van der Waals surface area contributed by atoms with Crippen molar-refractivity contribution < 1.29 is 19.4 Å². The number of anilines is 1. The van der Waals surface area contributed by atoms with Crippen LogP contribution in [0.5, 0.6) is 5.88 Å². The van der Waals surface area contributed by atoms with E-state index in [0.29, 0.717) is 36.3 Å². The number of benzene rings is 3. The molecule has 0 fully saturated rings. The van der Waals surface area contributed by atoms with E-state index in [0.717, 1.165) is 55.3 Å². The number of pyridine rings is 1. The van der Waals surface area contributed by atoms with Crippen LogP contribution in [0.15, 0.2) is 88.8 Å². The van der Waals surface area contributed by atoms with Crippen LogP contribution in [0, 0.1) is 20.8 Å². The minimum atomic E-state index is -1.23. The number of aliphatic imine (C=N–C) groups is 2. The molecule has 0 bridgehead atoms. The molecule has 0 amide bonds. The van der Waals surface area contributed by atoms with Gasteiger partial charge in [0.25, 0.3) is 0 Å². The summed E-state index contributed by atoms with van der Waals surface area (Å²) in [4.78, 5) is 28.6. The van der Waals surface area contributed by atoms with Crippen molar-refractivity contribution in [2.75, 3.05) is 11.4 Å². The number of allylic oxidation sites excluding steroid dienone is 1. The first-order valence-corrected chi connectivity index (χ1v) is 16.0. The molecule has 6 rings (SSSR count). The van der Waals surface area contributed by atoms with Gasteiger partial charge in [0, 0.05) is 41.3 Å². The maximum Gasteiger partial charge on any atom is 0.337 e. The summed E-state index contributed by atoms with van der Waals surface area (Å²) in [5.74, 6) is 0.331. The summed E-state index contributed by atoms with van der Waals surface area (Å²) in [5, 5.41) is 13.5. The number of carbonyl (C=O) groups is 1. The van der Waals surface area contributed by atoms with Gasteiger partial charge in [-0.1, -0.05) is 48.0 Å². The number of ether oxygens (including phenoxy) is 2. The first kappa shape index (κ1) is 32.7. The molecule has 0 saturated heterocycles. The van der Waals surface area contributed by atoms with Crippen molar-refractivity contribution in [1.82, 2.24) is 9.55 Å². The largest absolute Gasteiger partial charge is 0.479 e. The van der Waals surface area contributed by atoms with Gasteiger partial charge < -0.3 is 24.0 Å². The number of aryl methyl sites for hydroxylation is 2. The number of carboxylic acid groups (broad SMARTS) is 1. The van der Waals surface area contributed by atoms with Gasteiger partial charge in [0.05, 0.1) is 23.0 Å². The Morgan fingerprint density at radius 1 is 1.04 bits per heavy atom. The molecule has 0 spiro atoms. The van der Waals surface area contributed by atoms with Crippen LogP contribution in [-0.2, 0) is 16.1 Å². The molecule has 3 aromatic carbocycles. The number of carboxylic acids is 1. The van der Waals surface area contributed by atoms with Gasteiger partial charge in [-0.3, -0.25) is 0 Å². The van der Waals surface area contributed by atoms with Gasteiger partial charge in [0.15, 0.2) is 6.10 Å². The van der Waals surface area contributed by atoms with Gasteiger partial charge in [-0.05, 0) is 95.5 Å². The topological polar surface area (TPSA) is 102 Å². The minimum absolute atomic E-state index is 0.371. The lowest BCUT2D eigenvalue weighted by Gasteiger charge is -2.35. The molecule has 0 radical (unpaired) electrons. The van der Waals surface area contributed by atoms with Crippen molar-refractivity contribution in [3.8, 4) is 17.0 Å². The molecule has 1 N–H and O–H groups in total. The van der Waals surface area contributed by atoms with Crippen LogP contribution < -0.4 is 9.64 Å². The third-order valence-electron chi connectivity index (χ3n) is 8.58. The maximum absolute atomic E-state index is 13.0. The van der Waals surface area contributed by atoms with Crippen LogP contribution >= 0.6 is 0 Å². The molecule has 9 nitrogen and oxygen atoms in total. The summed E-state index contributed by atoms with van der Waals surface area (Å²) in [6.07, 6.45) is 2.11. The Kier molecular flexibility index (Phi) is 8.66. The number of hydrogen-bond donors (Lipinski definition) is 1. The zero-order chi connectivity index (χ0) is 34.3. The summed E-state index contributed by atoms with van der Waals surface area (Å²) < 4.78 is 14.7. The van der Waals surface area contributed by atoms with E-state index in [4.69, 9.17) is 14.5 Å². The van der Waals surface area contributed by atoms with Crippen LogP contribution in [0.25, 0.3) is 32.8 Å². The Hall–Kier alpha value is -5.28. The van der Waals surface area contributed by atoms with Gasteiger partial charge in [-0.25, -0.2) is 19.8 Å². The van der Waals surface area contributed by atoms with Crippen molar-refractivity contribution in [1.29, 1.82) is 0 Å². The molecule has 0 aliphatic carbocycles. The Morgan fingerprint density at radius 3 is 2.46 bits per heavy atom. The minimum Gasteiger partial charge on any atom is -0.479 e. The molecule has 3 heterocycles. The number of guanidine groups is 1. The molecule has 9 heteroatoms. The predicted molar refractivity (Wildman–Crippen MR) is 193 cm³/mol. The molecule has 0 saturated carbocycles. The smallest absolute Gasteiger partial charge is 0.337 e. The predicted octanol–water partition coefficient (Wildman–Crippen LogP) is 8.54. The molecule has 1 aliphatic heterocycles. The van der Waals surface area contributed by atoms with Gasteiger partial charge in [0.1, 0.15) is 5.76 Å². The van der Waals surface area contributed by atoms with E-state index in [9.17, 15) is 9.90 Å². The van der Waals surface area contributed by atoms with Crippen molar-refractivity contribution in [3.05, 3.63) is 101 Å². The third kappa shape index (κ3) is 6.09. The van der Waals surface area contributed by atoms with Gasteiger partial charge in [-0.15, -0.1) is 0 Å². The van der Waals surface area contributed by atoms with Crippen molar-refractivity contribution in [3.63, 3.8) is 0 Å². The number of nitrogens with zero attached hydrogens (tertiary/aromatic N) is 5. The highest BCUT2D eigenvalue weighted by Crippen LogP contribution is 2.48. The van der Waals surface area contributed by atoms with Crippen molar-refractivity contribution in [2.45, 2.75) is 66.7 Å². The number of aliphatic carboxylic acids is 1. The molecule has 48 heavy (non-hydrogen) atoms. The highest BCUT2D eigenvalue weighted by Gasteiger charge is 2.36. The molecule has 0 unspecified atom stereocenters. The lowest BCUT2D eigenvalue weighted by atomic mass is 9.87. The van der Waals surface area contributed by atoms with Crippen LogP contribution in [0.2, 0.25) is 0 Å². The molecule has 1 atom stereocenters. The Bertz CT molecular complexity index is 2110. The monoisotopic (exact) mass is 643 g/mol. The second kappa shape index (κ2) is 12.7. The molecular weight excluding hydrogens is 602 g/mol. The van der Waals surface area contributed by atoms with Gasteiger partial charge >= 0.3 is 5.97 Å². The molecular formula is C39H41N5O4. The summed E-state index contributed by atoms with van der Waals surface area (Å²) in [5.41, 5.74) is 6.46. The number of aromatic nitrogens is 2. The molecule has 2 aromatic heterocycles. The van der Waals surface area contributed by atoms with Crippen LogP contribution in [-0.4, -0.2) is 45.4 Å². The normalized spacial score (nSPS) is 14.4. The fraction of sp³-hybridized carbons (Fsp3) is 0.282. The third-order valence-corrected chi connectivity index (χ3v) is 8.58. The Labute approximate surface area is 280 Å². The molecule has 246 valence electrons. The van der Waals surface area contributed by atoms with E-state index < -0.39 is 17.7 Å². The average Bonchev–Trinajstić information content (AvgIpc) is 3.38. The van der Waals surface area contributed by atoms with Crippen molar-refractivity contribution >= 4 is 46.0 Å². The summed E-state index contributed by atoms with van der Waals surface area (Å²) in [6.45, 7) is 18.6. The van der Waals surface area contributed by atoms with Crippen LogP contribution in [0.3, 0.4) is 0 Å². The number of hydrogen-bond acceptors (Lipinski definition) is 5. The quantitative estimate of drug-likeness (QED) is 0.108. The van der Waals surface area contributed by atoms with Gasteiger partial charge in [0.2, 0.25) is 11.8 Å². The van der Waals surface area contributed by atoms with Gasteiger partial charge in [-0.2, -0.15) is 0 Å². The lowest BCUT2D eigenvalue weighted by molar-refractivity contribution is -0.160. The summed E-state index contributed by atoms with van der Waals surface area (Å²) in [6, 6.07) is 20.2. The van der Waals surface area contributed by atoms with E-state index in [1.165, 1.54) is 0 Å². The van der Waals surface area contributed by atoms with E-state index in [2.05, 4.69) is 46.4 Å². The van der Waals surface area contributed by atoms with E-state index in [-0.39, 0.29) is 0 Å². The lowest BCUT2D eigenvalue weighted by Crippen LogP contribution is -2.37. The van der Waals surface area contributed by atoms with Crippen LogP contribution in [0.1, 0.15) is 56.2 Å². The molecule has 5 aromatic rings. The Morgan fingerprint density at radius 2 is 1.77 bits per heavy atom. The zero-order valence-electron chi connectivity index (χ0n) is 28.5. The summed E-state index contributed by atoms with van der Waals surface area (Å²) in [7, 11) is 0. The Balaban J connectivity index is 1.53. The SMILES string of the molecule is C=NC(=N/C=C(\C)Oc1nccc2ccccc12)N1CCn2c(C)cc3c(-c4ccc(C)cc4)c([C@H](OC(C)(C)C)C(=O)O)c(C)c1c32. The maximum atomic E-state index is 13.0. The van der Waals surface area contributed by atoms with E-state index in [1.807, 2.05) is 88.9 Å². The van der Waals surface area contributed by atoms with E-state index in [1.54, 1.807) is 12.4 Å².